The molecule has 1 atom stereocenters. The number of esters is 1. The standard InChI is InChI=1S/C19H25NO6/c1-12(21)10-16(22)14-8-6-13(7-9-14)11-15(17(23)25-5)20-18(24)26-19(2,3)4/h6-9,15H,10-11H2,1-5H3,(H,20,24). The number of carbonyl (C=O) groups is 4. The summed E-state index contributed by atoms with van der Waals surface area (Å²) in [7, 11) is 1.23. The van der Waals surface area contributed by atoms with Crippen molar-refractivity contribution in [1.29, 1.82) is 0 Å². The molecule has 1 aromatic rings. The van der Waals surface area contributed by atoms with Gasteiger partial charge in [-0.05, 0) is 33.3 Å². The lowest BCUT2D eigenvalue weighted by Gasteiger charge is -2.22. The van der Waals surface area contributed by atoms with E-state index in [1.54, 1.807) is 45.0 Å². The van der Waals surface area contributed by atoms with Crippen LogP contribution in [0.4, 0.5) is 4.79 Å². The van der Waals surface area contributed by atoms with E-state index in [0.29, 0.717) is 5.56 Å². The lowest BCUT2D eigenvalue weighted by atomic mass is 10.0. The van der Waals surface area contributed by atoms with Gasteiger partial charge in [-0.2, -0.15) is 0 Å². The molecule has 1 unspecified atom stereocenters. The molecular weight excluding hydrogens is 338 g/mol. The predicted octanol–water partition coefficient (Wildman–Crippen LogP) is 2.46. The molecule has 1 aromatic carbocycles. The third-order valence-electron chi connectivity index (χ3n) is 3.30. The number of hydrogen-bond acceptors (Lipinski definition) is 6. The number of Topliss-reactive ketones (excluding diaryl/α,β-unsaturated/α-hetero) is 2. The Morgan fingerprint density at radius 3 is 2.12 bits per heavy atom. The average Bonchev–Trinajstić information content (AvgIpc) is 2.51. The van der Waals surface area contributed by atoms with Gasteiger partial charge in [0.25, 0.3) is 0 Å². The molecule has 0 aliphatic rings. The molecule has 1 N–H and O–H groups in total. The molecule has 0 saturated heterocycles. The molecule has 0 spiro atoms. The maximum atomic E-state index is 11.9. The highest BCUT2D eigenvalue weighted by atomic mass is 16.6. The molecule has 1 rings (SSSR count). The van der Waals surface area contributed by atoms with Gasteiger partial charge in [-0.1, -0.05) is 24.3 Å². The minimum atomic E-state index is -0.923. The van der Waals surface area contributed by atoms with Gasteiger partial charge >= 0.3 is 12.1 Å². The fourth-order valence-corrected chi connectivity index (χ4v) is 2.18. The minimum Gasteiger partial charge on any atom is -0.467 e. The van der Waals surface area contributed by atoms with Crippen molar-refractivity contribution in [3.05, 3.63) is 35.4 Å². The van der Waals surface area contributed by atoms with E-state index in [1.165, 1.54) is 14.0 Å². The molecular formula is C19H25NO6. The summed E-state index contributed by atoms with van der Waals surface area (Å²) in [6, 6.07) is 5.58. The van der Waals surface area contributed by atoms with E-state index in [1.807, 2.05) is 0 Å². The molecule has 0 radical (unpaired) electrons. The number of carbonyl (C=O) groups excluding carboxylic acids is 4. The van der Waals surface area contributed by atoms with Gasteiger partial charge < -0.3 is 14.8 Å². The summed E-state index contributed by atoms with van der Waals surface area (Å²) >= 11 is 0. The van der Waals surface area contributed by atoms with Crippen molar-refractivity contribution < 1.29 is 28.7 Å². The zero-order chi connectivity index (χ0) is 19.9. The molecule has 0 fully saturated rings. The Bertz CT molecular complexity index is 672. The number of nitrogens with one attached hydrogen (secondary N) is 1. The van der Waals surface area contributed by atoms with Gasteiger partial charge in [0.15, 0.2) is 5.78 Å². The number of ketones is 2. The van der Waals surface area contributed by atoms with Gasteiger partial charge in [-0.25, -0.2) is 9.59 Å². The molecule has 0 aliphatic carbocycles. The first-order chi connectivity index (χ1) is 12.0. The van der Waals surface area contributed by atoms with Crippen LogP contribution in [-0.2, 0) is 25.5 Å². The quantitative estimate of drug-likeness (QED) is 0.454. The van der Waals surface area contributed by atoms with Crippen LogP contribution >= 0.6 is 0 Å². The Balaban J connectivity index is 2.82. The van der Waals surface area contributed by atoms with Crippen LogP contribution in [-0.4, -0.2) is 42.4 Å². The van der Waals surface area contributed by atoms with Gasteiger partial charge in [0.2, 0.25) is 0 Å². The van der Waals surface area contributed by atoms with Crippen LogP contribution in [0.15, 0.2) is 24.3 Å². The molecule has 26 heavy (non-hydrogen) atoms. The summed E-state index contributed by atoms with van der Waals surface area (Å²) in [5.41, 5.74) is 0.443. The first-order valence-corrected chi connectivity index (χ1v) is 8.20. The normalized spacial score (nSPS) is 12.0. The van der Waals surface area contributed by atoms with E-state index in [-0.39, 0.29) is 24.4 Å². The third-order valence-corrected chi connectivity index (χ3v) is 3.30. The monoisotopic (exact) mass is 363 g/mol. The van der Waals surface area contributed by atoms with E-state index in [2.05, 4.69) is 5.32 Å². The molecule has 7 nitrogen and oxygen atoms in total. The lowest BCUT2D eigenvalue weighted by molar-refractivity contribution is -0.143. The maximum Gasteiger partial charge on any atom is 0.408 e. The highest BCUT2D eigenvalue weighted by molar-refractivity contribution is 6.07. The highest BCUT2D eigenvalue weighted by Gasteiger charge is 2.25. The number of ether oxygens (including phenoxy) is 2. The first kappa shape index (κ1) is 21.3. The predicted molar refractivity (Wildman–Crippen MR) is 94.9 cm³/mol. The number of alkyl carbamates (subject to hydrolysis) is 1. The summed E-state index contributed by atoms with van der Waals surface area (Å²) in [4.78, 5) is 46.7. The molecule has 1 amide bonds. The van der Waals surface area contributed by atoms with E-state index in [9.17, 15) is 19.2 Å². The Morgan fingerprint density at radius 1 is 1.08 bits per heavy atom. The number of rotatable bonds is 7. The second-order valence-corrected chi connectivity index (χ2v) is 6.92. The van der Waals surface area contributed by atoms with Crippen LogP contribution in [0.5, 0.6) is 0 Å². The van der Waals surface area contributed by atoms with Crippen LogP contribution in [0.2, 0.25) is 0 Å². The van der Waals surface area contributed by atoms with Gasteiger partial charge in [0, 0.05) is 12.0 Å². The van der Waals surface area contributed by atoms with Crippen molar-refractivity contribution >= 4 is 23.6 Å². The van der Waals surface area contributed by atoms with Crippen molar-refractivity contribution in [1.82, 2.24) is 5.32 Å². The Kier molecular flexibility index (Phi) is 7.49. The van der Waals surface area contributed by atoms with E-state index in [4.69, 9.17) is 9.47 Å². The lowest BCUT2D eigenvalue weighted by Crippen LogP contribution is -2.45. The van der Waals surface area contributed by atoms with Crippen molar-refractivity contribution in [2.75, 3.05) is 7.11 Å². The summed E-state index contributed by atoms with van der Waals surface area (Å²) in [6.07, 6.45) is -0.696. The molecule has 0 saturated carbocycles. The highest BCUT2D eigenvalue weighted by Crippen LogP contribution is 2.11. The number of hydrogen-bond donors (Lipinski definition) is 1. The molecule has 142 valence electrons. The third kappa shape index (κ3) is 7.46. The molecule has 0 aliphatic heterocycles. The fraction of sp³-hybridized carbons (Fsp3) is 0.474. The van der Waals surface area contributed by atoms with Gasteiger partial charge in [-0.15, -0.1) is 0 Å². The van der Waals surface area contributed by atoms with Crippen molar-refractivity contribution in [3.63, 3.8) is 0 Å². The van der Waals surface area contributed by atoms with Crippen molar-refractivity contribution in [2.45, 2.75) is 52.2 Å². The summed E-state index contributed by atoms with van der Waals surface area (Å²) in [5.74, 6) is -1.07. The van der Waals surface area contributed by atoms with E-state index >= 15 is 0 Å². The zero-order valence-electron chi connectivity index (χ0n) is 15.8. The number of methoxy groups -OCH3 is 1. The van der Waals surface area contributed by atoms with Gasteiger partial charge in [-0.3, -0.25) is 9.59 Å². The van der Waals surface area contributed by atoms with Crippen LogP contribution in [0, 0.1) is 0 Å². The fourth-order valence-electron chi connectivity index (χ4n) is 2.18. The van der Waals surface area contributed by atoms with Crippen LogP contribution < -0.4 is 5.32 Å². The van der Waals surface area contributed by atoms with Crippen LogP contribution in [0.1, 0.15) is 50.0 Å². The molecule has 7 heteroatoms. The summed E-state index contributed by atoms with van der Waals surface area (Å²) < 4.78 is 9.87. The molecule has 0 bridgehead atoms. The second kappa shape index (κ2) is 9.12. The first-order valence-electron chi connectivity index (χ1n) is 8.20. The Hall–Kier alpha value is -2.70. The van der Waals surface area contributed by atoms with Gasteiger partial charge in [0.1, 0.15) is 17.4 Å². The largest absolute Gasteiger partial charge is 0.467 e. The Morgan fingerprint density at radius 2 is 1.65 bits per heavy atom. The smallest absolute Gasteiger partial charge is 0.408 e. The Labute approximate surface area is 153 Å². The average molecular weight is 363 g/mol. The number of benzene rings is 1. The zero-order valence-corrected chi connectivity index (χ0v) is 15.8. The minimum absolute atomic E-state index is 0.148. The van der Waals surface area contributed by atoms with Crippen molar-refractivity contribution in [3.8, 4) is 0 Å². The SMILES string of the molecule is COC(=O)C(Cc1ccc(C(=O)CC(C)=O)cc1)NC(=O)OC(C)(C)C. The van der Waals surface area contributed by atoms with Crippen LogP contribution in [0.3, 0.4) is 0 Å². The van der Waals surface area contributed by atoms with E-state index < -0.39 is 23.7 Å². The molecule has 0 aromatic heterocycles. The summed E-state index contributed by atoms with van der Waals surface area (Å²) in [5, 5.41) is 2.49. The topological polar surface area (TPSA) is 98.8 Å². The maximum absolute atomic E-state index is 11.9. The van der Waals surface area contributed by atoms with E-state index in [0.717, 1.165) is 5.56 Å². The van der Waals surface area contributed by atoms with Gasteiger partial charge in [0.05, 0.1) is 13.5 Å². The van der Waals surface area contributed by atoms with Crippen LogP contribution in [0.25, 0.3) is 0 Å². The van der Waals surface area contributed by atoms with Crippen molar-refractivity contribution in [2.24, 2.45) is 0 Å². The second-order valence-electron chi connectivity index (χ2n) is 6.92. The summed E-state index contributed by atoms with van der Waals surface area (Å²) in [6.45, 7) is 6.51. The molecule has 0 heterocycles. The number of amides is 1.